The third-order valence-electron chi connectivity index (χ3n) is 3.59. The van der Waals surface area contributed by atoms with Gasteiger partial charge >= 0.3 is 6.09 Å². The van der Waals surface area contributed by atoms with E-state index in [1.807, 2.05) is 20.8 Å². The van der Waals surface area contributed by atoms with Crippen molar-refractivity contribution < 1.29 is 14.3 Å². The van der Waals surface area contributed by atoms with E-state index in [0.717, 1.165) is 38.0 Å². The van der Waals surface area contributed by atoms with Gasteiger partial charge in [0.25, 0.3) is 0 Å². The van der Waals surface area contributed by atoms with Crippen LogP contribution >= 0.6 is 38.9 Å². The topological polar surface area (TPSA) is 51.7 Å². The highest BCUT2D eigenvalue weighted by molar-refractivity contribution is 9.11. The number of nitrogens with zero attached hydrogens (tertiary/aromatic N) is 2. The summed E-state index contributed by atoms with van der Waals surface area (Å²) in [6, 6.07) is 0. The van der Waals surface area contributed by atoms with Crippen LogP contribution in [0.3, 0.4) is 0 Å². The van der Waals surface area contributed by atoms with Crippen LogP contribution in [0.25, 0.3) is 10.1 Å². The van der Waals surface area contributed by atoms with E-state index in [1.165, 1.54) is 16.2 Å². The lowest BCUT2D eigenvalue weighted by Gasteiger charge is -2.25. The minimum absolute atomic E-state index is 0.363. The monoisotopic (exact) mass is 432 g/mol. The number of thiophene rings is 1. The first-order chi connectivity index (χ1) is 11.2. The van der Waals surface area contributed by atoms with Crippen LogP contribution in [0.2, 0.25) is 5.15 Å². The highest BCUT2D eigenvalue weighted by atomic mass is 79.9. The van der Waals surface area contributed by atoms with Crippen molar-refractivity contribution in [3.8, 4) is 5.75 Å². The van der Waals surface area contributed by atoms with Gasteiger partial charge in [0.05, 0.1) is 11.3 Å². The molecule has 0 spiro atoms. The Hall–Kier alpha value is -1.05. The van der Waals surface area contributed by atoms with Gasteiger partial charge in [-0.1, -0.05) is 11.6 Å². The summed E-state index contributed by atoms with van der Waals surface area (Å²) in [6.45, 7) is 6.12. The number of ether oxygens (including phenoxy) is 2. The Labute approximate surface area is 158 Å². The van der Waals surface area contributed by atoms with Crippen molar-refractivity contribution in [2.45, 2.75) is 39.2 Å². The molecule has 3 heterocycles. The molecule has 3 rings (SSSR count). The van der Waals surface area contributed by atoms with E-state index < -0.39 is 11.7 Å². The molecule has 0 N–H and O–H groups in total. The maximum atomic E-state index is 12.5. The van der Waals surface area contributed by atoms with E-state index >= 15 is 0 Å². The number of hydrogen-bond acceptors (Lipinski definition) is 5. The van der Waals surface area contributed by atoms with Crippen LogP contribution in [-0.4, -0.2) is 30.3 Å². The second-order valence-electron chi connectivity index (χ2n) is 6.61. The van der Waals surface area contributed by atoms with E-state index in [2.05, 4.69) is 20.9 Å². The van der Waals surface area contributed by atoms with Gasteiger partial charge in [-0.25, -0.2) is 9.78 Å². The lowest BCUT2D eigenvalue weighted by molar-refractivity contribution is 0.0588. The first kappa shape index (κ1) is 17.8. The molecule has 8 heteroatoms. The van der Waals surface area contributed by atoms with Gasteiger partial charge in [-0.2, -0.15) is 0 Å². The molecular formula is C16H18BrClN2O3S. The van der Waals surface area contributed by atoms with Crippen LogP contribution in [0.15, 0.2) is 3.79 Å². The standard InChI is InChI=1S/C16H18BrClN2O3S/c1-16(2,3)23-15(21)20(4)14-8-6-5-7-22-10-9(8)11(13(18)19-14)24-12(10)17/h5-7H2,1-4H3. The summed E-state index contributed by atoms with van der Waals surface area (Å²) >= 11 is 11.4. The van der Waals surface area contributed by atoms with Gasteiger partial charge < -0.3 is 9.47 Å². The molecule has 0 fully saturated rings. The molecule has 1 amide bonds. The summed E-state index contributed by atoms with van der Waals surface area (Å²) in [7, 11) is 1.65. The number of pyridine rings is 1. The summed E-state index contributed by atoms with van der Waals surface area (Å²) in [5, 5.41) is 1.30. The van der Waals surface area contributed by atoms with Crippen LogP contribution in [-0.2, 0) is 11.2 Å². The lowest BCUT2D eigenvalue weighted by Crippen LogP contribution is -2.35. The van der Waals surface area contributed by atoms with Crippen molar-refractivity contribution in [1.82, 2.24) is 4.98 Å². The molecule has 24 heavy (non-hydrogen) atoms. The number of amides is 1. The third kappa shape index (κ3) is 3.21. The zero-order chi connectivity index (χ0) is 17.6. The van der Waals surface area contributed by atoms with Crippen LogP contribution in [0.5, 0.6) is 5.75 Å². The van der Waals surface area contributed by atoms with Gasteiger partial charge in [0.1, 0.15) is 20.4 Å². The number of hydrogen-bond donors (Lipinski definition) is 0. The minimum atomic E-state index is -0.576. The number of rotatable bonds is 1. The maximum absolute atomic E-state index is 12.5. The van der Waals surface area contributed by atoms with Gasteiger partial charge in [0.2, 0.25) is 0 Å². The van der Waals surface area contributed by atoms with Crippen LogP contribution < -0.4 is 9.64 Å². The quantitative estimate of drug-likeness (QED) is 0.564. The van der Waals surface area contributed by atoms with Gasteiger partial charge in [-0.3, -0.25) is 4.90 Å². The molecule has 0 bridgehead atoms. The fraction of sp³-hybridized carbons (Fsp3) is 0.500. The van der Waals surface area contributed by atoms with Crippen molar-refractivity contribution in [2.75, 3.05) is 18.6 Å². The molecule has 0 aliphatic carbocycles. The molecule has 0 saturated heterocycles. The number of halogens is 2. The van der Waals surface area contributed by atoms with Crippen molar-refractivity contribution in [3.63, 3.8) is 0 Å². The highest BCUT2D eigenvalue weighted by Crippen LogP contribution is 2.49. The summed E-state index contributed by atoms with van der Waals surface area (Å²) in [5.41, 5.74) is 0.393. The largest absolute Gasteiger partial charge is 0.491 e. The second-order valence-corrected chi connectivity index (χ2v) is 9.30. The molecule has 130 valence electrons. The zero-order valence-corrected chi connectivity index (χ0v) is 17.1. The first-order valence-electron chi connectivity index (χ1n) is 7.59. The molecule has 5 nitrogen and oxygen atoms in total. The Morgan fingerprint density at radius 2 is 2.17 bits per heavy atom. The SMILES string of the molecule is CN(C(=O)OC(C)(C)C)c1nc(Cl)c2sc(Br)c3c2c1CCCO3. The first-order valence-corrected chi connectivity index (χ1v) is 9.57. The minimum Gasteiger partial charge on any atom is -0.491 e. The molecule has 0 saturated carbocycles. The predicted molar refractivity (Wildman–Crippen MR) is 101 cm³/mol. The predicted octanol–water partition coefficient (Wildman–Crippen LogP) is 5.41. The van der Waals surface area contributed by atoms with Gasteiger partial charge in [-0.15, -0.1) is 11.3 Å². The van der Waals surface area contributed by atoms with E-state index in [-0.39, 0.29) is 0 Å². The zero-order valence-electron chi connectivity index (χ0n) is 13.9. The van der Waals surface area contributed by atoms with Gasteiger partial charge in [0, 0.05) is 18.0 Å². The van der Waals surface area contributed by atoms with E-state index in [1.54, 1.807) is 7.05 Å². The number of aryl methyl sites for hydroxylation is 1. The van der Waals surface area contributed by atoms with Crippen molar-refractivity contribution in [2.24, 2.45) is 0 Å². The van der Waals surface area contributed by atoms with Crippen molar-refractivity contribution in [3.05, 3.63) is 14.5 Å². The Balaban J connectivity index is 2.14. The molecule has 1 aliphatic heterocycles. The van der Waals surface area contributed by atoms with Crippen LogP contribution in [0, 0.1) is 0 Å². The molecule has 0 atom stereocenters. The summed E-state index contributed by atoms with van der Waals surface area (Å²) < 4.78 is 13.1. The average Bonchev–Trinajstić information content (AvgIpc) is 2.67. The Kier molecular flexibility index (Phi) is 4.70. The lowest BCUT2D eigenvalue weighted by atomic mass is 10.1. The summed E-state index contributed by atoms with van der Waals surface area (Å²) in [4.78, 5) is 18.4. The molecule has 2 aromatic heterocycles. The Morgan fingerprint density at radius 3 is 2.83 bits per heavy atom. The second kappa shape index (κ2) is 6.35. The Bertz CT molecular complexity index is 816. The molecule has 0 radical (unpaired) electrons. The fourth-order valence-electron chi connectivity index (χ4n) is 2.61. The summed E-state index contributed by atoms with van der Waals surface area (Å²) in [5.74, 6) is 1.31. The van der Waals surface area contributed by atoms with Crippen molar-refractivity contribution >= 4 is 60.9 Å². The average molecular weight is 434 g/mol. The highest BCUT2D eigenvalue weighted by Gasteiger charge is 2.29. The third-order valence-corrected chi connectivity index (χ3v) is 5.79. The molecule has 1 aliphatic rings. The van der Waals surface area contributed by atoms with Gasteiger partial charge in [0.15, 0.2) is 5.75 Å². The maximum Gasteiger partial charge on any atom is 0.415 e. The fourth-order valence-corrected chi connectivity index (χ4v) is 4.58. The van der Waals surface area contributed by atoms with Crippen LogP contribution in [0.1, 0.15) is 32.8 Å². The Morgan fingerprint density at radius 1 is 1.46 bits per heavy atom. The molecule has 0 aromatic carbocycles. The van der Waals surface area contributed by atoms with E-state index in [4.69, 9.17) is 21.1 Å². The number of anilines is 1. The van der Waals surface area contributed by atoms with Gasteiger partial charge in [-0.05, 0) is 49.5 Å². The van der Waals surface area contributed by atoms with E-state index in [0.29, 0.717) is 17.6 Å². The normalized spacial score (nSPS) is 14.2. The smallest absolute Gasteiger partial charge is 0.415 e. The van der Waals surface area contributed by atoms with Crippen molar-refractivity contribution in [1.29, 1.82) is 0 Å². The number of carbonyl (C=O) groups excluding carboxylic acids is 1. The number of aromatic nitrogens is 1. The molecule has 2 aromatic rings. The summed E-state index contributed by atoms with van der Waals surface area (Å²) in [6.07, 6.45) is 1.15. The molecule has 0 unspecified atom stereocenters. The van der Waals surface area contributed by atoms with E-state index in [9.17, 15) is 4.79 Å². The van der Waals surface area contributed by atoms with Crippen LogP contribution in [0.4, 0.5) is 10.6 Å². The molecular weight excluding hydrogens is 416 g/mol. The number of carbonyl (C=O) groups is 1.